The highest BCUT2D eigenvalue weighted by Gasteiger charge is 2.45. The molecule has 0 radical (unpaired) electrons. The van der Waals surface area contributed by atoms with E-state index in [1.54, 1.807) is 0 Å². The number of nitrogens with zero attached hydrogens (tertiary/aromatic N) is 1. The smallest absolute Gasteiger partial charge is 0.0975 e. The fraction of sp³-hybridized carbons (Fsp3) is 0.583. The van der Waals surface area contributed by atoms with Crippen LogP contribution in [0.15, 0.2) is 18.3 Å². The molecule has 2 nitrogen and oxygen atoms in total. The van der Waals surface area contributed by atoms with Gasteiger partial charge in [-0.1, -0.05) is 26.8 Å². The SMILES string of the molecule is CC(C)(C)C1(C)OCc2ncccc21. The Morgan fingerprint density at radius 1 is 1.43 bits per heavy atom. The van der Waals surface area contributed by atoms with E-state index in [0.717, 1.165) is 5.69 Å². The molecule has 0 aromatic carbocycles. The van der Waals surface area contributed by atoms with Gasteiger partial charge in [0.25, 0.3) is 0 Å². The van der Waals surface area contributed by atoms with E-state index in [1.807, 2.05) is 12.3 Å². The third kappa shape index (κ3) is 1.17. The topological polar surface area (TPSA) is 22.1 Å². The number of hydrogen-bond donors (Lipinski definition) is 0. The van der Waals surface area contributed by atoms with E-state index in [-0.39, 0.29) is 11.0 Å². The van der Waals surface area contributed by atoms with Crippen LogP contribution in [-0.2, 0) is 16.9 Å². The van der Waals surface area contributed by atoms with Crippen LogP contribution >= 0.6 is 0 Å². The van der Waals surface area contributed by atoms with Crippen LogP contribution in [0, 0.1) is 5.41 Å². The molecule has 2 heteroatoms. The van der Waals surface area contributed by atoms with Gasteiger partial charge in [-0.3, -0.25) is 4.98 Å². The van der Waals surface area contributed by atoms with Crippen molar-refractivity contribution in [3.63, 3.8) is 0 Å². The molecule has 0 saturated carbocycles. The molecule has 1 aromatic heterocycles. The van der Waals surface area contributed by atoms with E-state index in [9.17, 15) is 0 Å². The second kappa shape index (κ2) is 2.80. The first-order valence-electron chi connectivity index (χ1n) is 5.03. The van der Waals surface area contributed by atoms with Gasteiger partial charge in [0.1, 0.15) is 0 Å². The number of rotatable bonds is 0. The Kier molecular flexibility index (Phi) is 1.93. The second-order valence-electron chi connectivity index (χ2n) is 5.07. The van der Waals surface area contributed by atoms with Gasteiger partial charge in [-0.05, 0) is 18.4 Å². The normalized spacial score (nSPS) is 26.3. The Labute approximate surface area is 85.3 Å². The second-order valence-corrected chi connectivity index (χ2v) is 5.07. The van der Waals surface area contributed by atoms with Crippen molar-refractivity contribution in [3.05, 3.63) is 29.6 Å². The number of aromatic nitrogens is 1. The van der Waals surface area contributed by atoms with E-state index in [1.165, 1.54) is 5.56 Å². The van der Waals surface area contributed by atoms with Crippen molar-refractivity contribution < 1.29 is 4.74 Å². The number of fused-ring (bicyclic) bond motifs is 1. The van der Waals surface area contributed by atoms with Crippen LogP contribution in [0.1, 0.15) is 39.0 Å². The number of pyridine rings is 1. The Morgan fingerprint density at radius 2 is 2.14 bits per heavy atom. The summed E-state index contributed by atoms with van der Waals surface area (Å²) in [6.45, 7) is 9.41. The van der Waals surface area contributed by atoms with Crippen molar-refractivity contribution in [2.75, 3.05) is 0 Å². The fourth-order valence-electron chi connectivity index (χ4n) is 1.90. The van der Waals surface area contributed by atoms with Crippen molar-refractivity contribution in [1.29, 1.82) is 0 Å². The zero-order valence-corrected chi connectivity index (χ0v) is 9.29. The maximum absolute atomic E-state index is 5.91. The molecule has 2 rings (SSSR count). The Bertz CT molecular complexity index is 354. The highest BCUT2D eigenvalue weighted by Crippen LogP contribution is 2.47. The van der Waals surface area contributed by atoms with Crippen LogP contribution in [0.5, 0.6) is 0 Å². The van der Waals surface area contributed by atoms with Gasteiger partial charge in [-0.15, -0.1) is 0 Å². The van der Waals surface area contributed by atoms with Gasteiger partial charge in [0.15, 0.2) is 0 Å². The highest BCUT2D eigenvalue weighted by molar-refractivity contribution is 5.31. The Hall–Kier alpha value is -0.890. The molecule has 1 aromatic rings. The molecular weight excluding hydrogens is 174 g/mol. The van der Waals surface area contributed by atoms with E-state index in [4.69, 9.17) is 4.74 Å². The van der Waals surface area contributed by atoms with Gasteiger partial charge >= 0.3 is 0 Å². The molecular formula is C12H17NO. The molecule has 14 heavy (non-hydrogen) atoms. The maximum atomic E-state index is 5.91. The van der Waals surface area contributed by atoms with Gasteiger partial charge < -0.3 is 4.74 Å². The highest BCUT2D eigenvalue weighted by atomic mass is 16.5. The van der Waals surface area contributed by atoms with Crippen LogP contribution < -0.4 is 0 Å². The molecule has 0 spiro atoms. The van der Waals surface area contributed by atoms with Gasteiger partial charge in [0.05, 0.1) is 17.9 Å². The molecule has 1 aliphatic heterocycles. The summed E-state index contributed by atoms with van der Waals surface area (Å²) >= 11 is 0. The van der Waals surface area contributed by atoms with Crippen LogP contribution in [0.25, 0.3) is 0 Å². The summed E-state index contributed by atoms with van der Waals surface area (Å²) in [6.07, 6.45) is 1.83. The monoisotopic (exact) mass is 191 g/mol. The minimum atomic E-state index is -0.198. The molecule has 1 unspecified atom stereocenters. The zero-order valence-electron chi connectivity index (χ0n) is 9.29. The summed E-state index contributed by atoms with van der Waals surface area (Å²) in [7, 11) is 0. The average molecular weight is 191 g/mol. The van der Waals surface area contributed by atoms with Gasteiger partial charge in [0.2, 0.25) is 0 Å². The van der Waals surface area contributed by atoms with E-state index < -0.39 is 0 Å². The lowest BCUT2D eigenvalue weighted by Crippen LogP contribution is -2.36. The van der Waals surface area contributed by atoms with E-state index >= 15 is 0 Å². The fourth-order valence-corrected chi connectivity index (χ4v) is 1.90. The standard InChI is InChI=1S/C12H17NO/c1-11(2,3)12(4)9-6-5-7-13-10(9)8-14-12/h5-7H,8H2,1-4H3. The molecule has 0 fully saturated rings. The quantitative estimate of drug-likeness (QED) is 0.629. The van der Waals surface area contributed by atoms with Crippen molar-refractivity contribution in [3.8, 4) is 0 Å². The Balaban J connectivity index is 2.53. The summed E-state index contributed by atoms with van der Waals surface area (Å²) in [5.41, 5.74) is 2.23. The molecule has 0 aliphatic carbocycles. The largest absolute Gasteiger partial charge is 0.364 e. The third-order valence-corrected chi connectivity index (χ3v) is 3.33. The van der Waals surface area contributed by atoms with E-state index in [0.29, 0.717) is 6.61 Å². The first kappa shape index (κ1) is 9.66. The minimum absolute atomic E-state index is 0.0985. The molecule has 1 atom stereocenters. The molecule has 0 saturated heterocycles. The molecule has 0 bridgehead atoms. The van der Waals surface area contributed by atoms with Crippen LogP contribution in [0.3, 0.4) is 0 Å². The predicted octanol–water partition coefficient (Wildman–Crippen LogP) is 2.87. The van der Waals surface area contributed by atoms with Crippen LogP contribution in [-0.4, -0.2) is 4.98 Å². The lowest BCUT2D eigenvalue weighted by molar-refractivity contribution is -0.0994. The molecule has 1 aliphatic rings. The summed E-state index contributed by atoms with van der Waals surface area (Å²) in [6, 6.07) is 4.11. The van der Waals surface area contributed by atoms with Crippen molar-refractivity contribution in [2.24, 2.45) is 5.41 Å². The van der Waals surface area contributed by atoms with Crippen molar-refractivity contribution in [1.82, 2.24) is 4.98 Å². The third-order valence-electron chi connectivity index (χ3n) is 3.33. The van der Waals surface area contributed by atoms with Gasteiger partial charge in [0, 0.05) is 11.8 Å². The summed E-state index contributed by atoms with van der Waals surface area (Å²) in [4.78, 5) is 4.34. The first-order valence-corrected chi connectivity index (χ1v) is 5.03. The van der Waals surface area contributed by atoms with Crippen molar-refractivity contribution >= 4 is 0 Å². The zero-order chi connectivity index (χ0) is 10.4. The minimum Gasteiger partial charge on any atom is -0.364 e. The molecule has 2 heterocycles. The van der Waals surface area contributed by atoms with Crippen LogP contribution in [0.2, 0.25) is 0 Å². The summed E-state index contributed by atoms with van der Waals surface area (Å²) < 4.78 is 5.91. The predicted molar refractivity (Wildman–Crippen MR) is 55.8 cm³/mol. The molecule has 0 N–H and O–H groups in total. The maximum Gasteiger partial charge on any atom is 0.0975 e. The van der Waals surface area contributed by atoms with Gasteiger partial charge in [-0.2, -0.15) is 0 Å². The first-order chi connectivity index (χ1) is 6.45. The number of hydrogen-bond acceptors (Lipinski definition) is 2. The average Bonchev–Trinajstić information content (AvgIpc) is 2.45. The van der Waals surface area contributed by atoms with Crippen LogP contribution in [0.4, 0.5) is 0 Å². The Morgan fingerprint density at radius 3 is 2.79 bits per heavy atom. The van der Waals surface area contributed by atoms with E-state index in [2.05, 4.69) is 38.7 Å². The lowest BCUT2D eigenvalue weighted by atomic mass is 9.74. The van der Waals surface area contributed by atoms with Crippen molar-refractivity contribution in [2.45, 2.75) is 39.9 Å². The summed E-state index contributed by atoms with van der Waals surface area (Å²) in [5.74, 6) is 0. The number of ether oxygens (including phenoxy) is 1. The summed E-state index contributed by atoms with van der Waals surface area (Å²) in [5, 5.41) is 0. The van der Waals surface area contributed by atoms with Gasteiger partial charge in [-0.25, -0.2) is 0 Å². The molecule has 76 valence electrons. The lowest BCUT2D eigenvalue weighted by Gasteiger charge is -2.38. The molecule has 0 amide bonds.